The molecular weight excluding hydrogens is 433 g/mol. The maximum absolute atomic E-state index is 12.4. The SMILES string of the molecule is C[Se]CC[C@H](NC(=O)[C@H](C)NC(=O)[C@H](C)NC(=O)[C@H](C)N)C(=O)N[C@@H](C)C=O. The van der Waals surface area contributed by atoms with Crippen LogP contribution in [-0.2, 0) is 24.0 Å². The van der Waals surface area contributed by atoms with Crippen molar-refractivity contribution >= 4 is 44.9 Å². The van der Waals surface area contributed by atoms with Gasteiger partial charge in [-0.1, -0.05) is 0 Å². The Bertz CT molecular complexity index is 572. The Hall–Kier alpha value is -1.97. The van der Waals surface area contributed by atoms with Crippen LogP contribution in [-0.4, -0.2) is 75.1 Å². The molecule has 0 rings (SSSR count). The van der Waals surface area contributed by atoms with E-state index in [4.69, 9.17) is 5.73 Å². The third kappa shape index (κ3) is 9.82. The summed E-state index contributed by atoms with van der Waals surface area (Å²) in [7, 11) is 0. The zero-order chi connectivity index (χ0) is 21.9. The van der Waals surface area contributed by atoms with Crippen LogP contribution in [0.1, 0.15) is 34.1 Å². The first kappa shape index (κ1) is 26.0. The van der Waals surface area contributed by atoms with E-state index in [-0.39, 0.29) is 0 Å². The molecule has 0 saturated heterocycles. The van der Waals surface area contributed by atoms with Crippen LogP contribution in [0.4, 0.5) is 0 Å². The van der Waals surface area contributed by atoms with Crippen LogP contribution in [0.25, 0.3) is 0 Å². The number of nitrogens with two attached hydrogens (primary N) is 1. The molecule has 0 aromatic heterocycles. The quantitative estimate of drug-likeness (QED) is 0.167. The number of amides is 4. The van der Waals surface area contributed by atoms with Crippen molar-refractivity contribution in [1.82, 2.24) is 21.3 Å². The van der Waals surface area contributed by atoms with Crippen molar-refractivity contribution in [3.05, 3.63) is 0 Å². The van der Waals surface area contributed by atoms with Crippen molar-refractivity contribution in [3.63, 3.8) is 0 Å². The van der Waals surface area contributed by atoms with Gasteiger partial charge < -0.3 is 5.73 Å². The molecule has 0 aromatic rings. The van der Waals surface area contributed by atoms with Crippen LogP contribution >= 0.6 is 0 Å². The first-order chi connectivity index (χ1) is 13.0. The summed E-state index contributed by atoms with van der Waals surface area (Å²) in [6, 6.07) is -4.02. The molecule has 5 atom stereocenters. The Balaban J connectivity index is 4.82. The molecule has 0 aliphatic carbocycles. The zero-order valence-electron chi connectivity index (χ0n) is 16.9. The molecule has 4 amide bonds. The fourth-order valence-corrected chi connectivity index (χ4v) is 2.96. The van der Waals surface area contributed by atoms with Crippen LogP contribution in [0.5, 0.6) is 0 Å². The van der Waals surface area contributed by atoms with Crippen LogP contribution in [0.15, 0.2) is 0 Å². The molecule has 0 aromatic carbocycles. The minimum atomic E-state index is -0.923. The molecule has 0 radical (unpaired) electrons. The zero-order valence-corrected chi connectivity index (χ0v) is 18.6. The molecule has 0 fully saturated rings. The van der Waals surface area contributed by atoms with E-state index < -0.39 is 53.8 Å². The number of hydrogen-bond donors (Lipinski definition) is 5. The third-order valence-electron chi connectivity index (χ3n) is 3.74. The van der Waals surface area contributed by atoms with Gasteiger partial charge in [-0.25, -0.2) is 0 Å². The number of carbonyl (C=O) groups is 5. The van der Waals surface area contributed by atoms with Gasteiger partial charge in [0.15, 0.2) is 0 Å². The molecule has 0 aliphatic heterocycles. The second kappa shape index (κ2) is 13.2. The number of hydrogen-bond acceptors (Lipinski definition) is 6. The molecule has 0 saturated carbocycles. The van der Waals surface area contributed by atoms with Crippen molar-refractivity contribution in [2.45, 2.75) is 75.5 Å². The van der Waals surface area contributed by atoms with Gasteiger partial charge in [0.25, 0.3) is 0 Å². The van der Waals surface area contributed by atoms with Crippen LogP contribution in [0.2, 0.25) is 11.1 Å². The predicted octanol–water partition coefficient (Wildman–Crippen LogP) is -1.91. The average Bonchev–Trinajstić information content (AvgIpc) is 2.63. The minimum absolute atomic E-state index is 0.313. The summed E-state index contributed by atoms with van der Waals surface area (Å²) in [5, 5.41) is 10.8. The van der Waals surface area contributed by atoms with Crippen LogP contribution in [0, 0.1) is 0 Å². The van der Waals surface area contributed by atoms with E-state index in [0.717, 1.165) is 5.32 Å². The number of rotatable bonds is 12. The van der Waals surface area contributed by atoms with Crippen molar-refractivity contribution in [1.29, 1.82) is 0 Å². The molecule has 0 unspecified atom stereocenters. The molecule has 10 nitrogen and oxygen atoms in total. The standard InChI is InChI=1S/C17H31N5O5Se/c1-9(8-23)19-17(27)13(6-7-28-5)22-16(26)12(4)21-15(25)11(3)20-14(24)10(2)18/h8-13H,6-7,18H2,1-5H3,(H,19,27)(H,20,24)(H,21,25)(H,22,26)/t9-,10-,11-,12-,13-/m0/s1. The van der Waals surface area contributed by atoms with Gasteiger partial charge in [-0.15, -0.1) is 0 Å². The summed E-state index contributed by atoms with van der Waals surface area (Å²) < 4.78 is 0. The fraction of sp³-hybridized carbons (Fsp3) is 0.706. The normalized spacial score (nSPS) is 15.9. The molecule has 0 spiro atoms. The molecule has 6 N–H and O–H groups in total. The van der Waals surface area contributed by atoms with Crippen molar-refractivity contribution in [2.75, 3.05) is 0 Å². The van der Waals surface area contributed by atoms with Crippen molar-refractivity contribution < 1.29 is 24.0 Å². The van der Waals surface area contributed by atoms with Crippen LogP contribution in [0.3, 0.4) is 0 Å². The van der Waals surface area contributed by atoms with Gasteiger partial charge in [-0.3, -0.25) is 0 Å². The average molecular weight is 464 g/mol. The Morgan fingerprint density at radius 3 is 1.82 bits per heavy atom. The molecule has 0 aliphatic rings. The second-order valence-corrected chi connectivity index (χ2v) is 8.59. The molecule has 11 heteroatoms. The maximum atomic E-state index is 12.4. The Kier molecular flexibility index (Phi) is 12.3. The van der Waals surface area contributed by atoms with Crippen molar-refractivity contribution in [3.8, 4) is 0 Å². The first-order valence-corrected chi connectivity index (χ1v) is 11.9. The van der Waals surface area contributed by atoms with E-state index in [9.17, 15) is 24.0 Å². The molecule has 0 bridgehead atoms. The van der Waals surface area contributed by atoms with E-state index in [1.807, 2.05) is 5.82 Å². The van der Waals surface area contributed by atoms with Gasteiger partial charge in [0.05, 0.1) is 0 Å². The fourth-order valence-electron chi connectivity index (χ4n) is 1.97. The second-order valence-electron chi connectivity index (χ2n) is 6.53. The van der Waals surface area contributed by atoms with E-state index in [2.05, 4.69) is 21.3 Å². The van der Waals surface area contributed by atoms with E-state index in [1.165, 1.54) is 27.7 Å². The number of carbonyl (C=O) groups excluding carboxylic acids is 5. The van der Waals surface area contributed by atoms with Gasteiger partial charge >= 0.3 is 159 Å². The number of aldehydes is 1. The first-order valence-electron chi connectivity index (χ1n) is 8.94. The van der Waals surface area contributed by atoms with Gasteiger partial charge in [-0.2, -0.15) is 0 Å². The summed E-state index contributed by atoms with van der Waals surface area (Å²) in [6.45, 7) is 5.97. The molecular formula is C17H31N5O5Se. The monoisotopic (exact) mass is 465 g/mol. The summed E-state index contributed by atoms with van der Waals surface area (Å²) in [4.78, 5) is 59.1. The topological polar surface area (TPSA) is 159 Å². The van der Waals surface area contributed by atoms with Gasteiger partial charge in [0, 0.05) is 0 Å². The summed E-state index contributed by atoms with van der Waals surface area (Å²) in [5.41, 5.74) is 5.44. The molecule has 28 heavy (non-hydrogen) atoms. The Morgan fingerprint density at radius 2 is 1.36 bits per heavy atom. The Labute approximate surface area is 171 Å². The van der Waals surface area contributed by atoms with E-state index in [0.29, 0.717) is 27.7 Å². The molecule has 0 heterocycles. The third-order valence-corrected chi connectivity index (χ3v) is 5.09. The van der Waals surface area contributed by atoms with E-state index in [1.54, 1.807) is 0 Å². The van der Waals surface area contributed by atoms with E-state index >= 15 is 0 Å². The summed E-state index contributed by atoms with van der Waals surface area (Å²) in [5.74, 6) is -0.0142. The van der Waals surface area contributed by atoms with Gasteiger partial charge in [0.2, 0.25) is 0 Å². The predicted molar refractivity (Wildman–Crippen MR) is 106 cm³/mol. The molecule has 160 valence electrons. The van der Waals surface area contributed by atoms with Crippen LogP contribution < -0.4 is 27.0 Å². The Morgan fingerprint density at radius 1 is 0.857 bits per heavy atom. The summed E-state index contributed by atoms with van der Waals surface area (Å²) in [6.07, 6.45) is 1.03. The van der Waals surface area contributed by atoms with Crippen molar-refractivity contribution in [2.24, 2.45) is 5.73 Å². The number of nitrogens with one attached hydrogen (secondary N) is 4. The van der Waals surface area contributed by atoms with Gasteiger partial charge in [0.1, 0.15) is 0 Å². The van der Waals surface area contributed by atoms with Gasteiger partial charge in [-0.05, 0) is 6.92 Å². The summed E-state index contributed by atoms with van der Waals surface area (Å²) >= 11 is 0.313.